The van der Waals surface area contributed by atoms with Crippen LogP contribution in [0.25, 0.3) is 20.9 Å². The average molecular weight is 263 g/mol. The maximum absolute atomic E-state index is 3.60. The van der Waals surface area contributed by atoms with E-state index in [1.54, 1.807) is 11.3 Å². The molecule has 0 saturated carbocycles. The Kier molecular flexibility index (Phi) is 1.85. The summed E-state index contributed by atoms with van der Waals surface area (Å²) in [5.74, 6) is 0. The number of hydrogen-bond donors (Lipinski definition) is 0. The van der Waals surface area contributed by atoms with E-state index in [1.807, 2.05) is 0 Å². The van der Waals surface area contributed by atoms with Crippen molar-refractivity contribution in [1.82, 2.24) is 0 Å². The molecule has 0 unspecified atom stereocenters. The highest BCUT2D eigenvalue weighted by Crippen LogP contribution is 2.35. The number of halogens is 1. The van der Waals surface area contributed by atoms with Crippen molar-refractivity contribution in [2.45, 2.75) is 0 Å². The lowest BCUT2D eigenvalue weighted by Gasteiger charge is -1.99. The molecule has 0 saturated heterocycles. The van der Waals surface area contributed by atoms with Gasteiger partial charge in [-0.3, -0.25) is 0 Å². The highest BCUT2D eigenvalue weighted by Gasteiger charge is 2.04. The van der Waals surface area contributed by atoms with Crippen LogP contribution in [0, 0.1) is 0 Å². The minimum Gasteiger partial charge on any atom is -0.143 e. The SMILES string of the molecule is Brc1csc2ccc3ccccc3c12. The van der Waals surface area contributed by atoms with Gasteiger partial charge >= 0.3 is 0 Å². The monoisotopic (exact) mass is 262 g/mol. The van der Waals surface area contributed by atoms with Crippen LogP contribution >= 0.6 is 27.3 Å². The van der Waals surface area contributed by atoms with Crippen molar-refractivity contribution in [3.05, 3.63) is 46.3 Å². The highest BCUT2D eigenvalue weighted by atomic mass is 79.9. The van der Waals surface area contributed by atoms with E-state index in [-0.39, 0.29) is 0 Å². The van der Waals surface area contributed by atoms with Crippen LogP contribution in [0.15, 0.2) is 46.3 Å². The van der Waals surface area contributed by atoms with Crippen molar-refractivity contribution in [3.63, 3.8) is 0 Å². The summed E-state index contributed by atoms with van der Waals surface area (Å²) in [7, 11) is 0. The normalized spacial score (nSPS) is 11.2. The molecular weight excluding hydrogens is 256 g/mol. The van der Waals surface area contributed by atoms with Crippen LogP contribution in [-0.2, 0) is 0 Å². The third kappa shape index (κ3) is 1.11. The first kappa shape index (κ1) is 8.45. The first-order chi connectivity index (χ1) is 6.86. The zero-order valence-corrected chi connectivity index (χ0v) is 9.73. The molecule has 0 spiro atoms. The maximum atomic E-state index is 3.60. The summed E-state index contributed by atoms with van der Waals surface area (Å²) in [6.45, 7) is 0. The molecular formula is C12H7BrS. The Bertz CT molecular complexity index is 610. The number of rotatable bonds is 0. The molecule has 3 rings (SSSR count). The molecule has 0 radical (unpaired) electrons. The van der Waals surface area contributed by atoms with Crippen LogP contribution in [-0.4, -0.2) is 0 Å². The largest absolute Gasteiger partial charge is 0.143 e. The van der Waals surface area contributed by atoms with E-state index in [1.165, 1.54) is 25.3 Å². The lowest BCUT2D eigenvalue weighted by Crippen LogP contribution is -1.72. The number of thiophene rings is 1. The van der Waals surface area contributed by atoms with E-state index in [4.69, 9.17) is 0 Å². The lowest BCUT2D eigenvalue weighted by atomic mass is 10.1. The Morgan fingerprint density at radius 1 is 1.00 bits per heavy atom. The fourth-order valence-electron chi connectivity index (χ4n) is 1.77. The number of benzene rings is 2. The molecule has 0 bridgehead atoms. The van der Waals surface area contributed by atoms with E-state index in [0.29, 0.717) is 0 Å². The molecule has 2 heteroatoms. The molecule has 2 aromatic carbocycles. The van der Waals surface area contributed by atoms with E-state index >= 15 is 0 Å². The van der Waals surface area contributed by atoms with Crippen LogP contribution < -0.4 is 0 Å². The lowest BCUT2D eigenvalue weighted by molar-refractivity contribution is 1.81. The number of fused-ring (bicyclic) bond motifs is 3. The van der Waals surface area contributed by atoms with E-state index in [2.05, 4.69) is 57.7 Å². The van der Waals surface area contributed by atoms with Crippen LogP contribution in [0.4, 0.5) is 0 Å². The second-order valence-electron chi connectivity index (χ2n) is 3.24. The van der Waals surface area contributed by atoms with Gasteiger partial charge in [-0.1, -0.05) is 30.3 Å². The Labute approximate surface area is 94.3 Å². The Morgan fingerprint density at radius 3 is 2.79 bits per heavy atom. The second kappa shape index (κ2) is 3.07. The van der Waals surface area contributed by atoms with Crippen molar-refractivity contribution < 1.29 is 0 Å². The summed E-state index contributed by atoms with van der Waals surface area (Å²) in [6.07, 6.45) is 0. The van der Waals surface area contributed by atoms with Gasteiger partial charge in [0.2, 0.25) is 0 Å². The van der Waals surface area contributed by atoms with Crippen LogP contribution in [0.2, 0.25) is 0 Å². The molecule has 1 aromatic heterocycles. The number of hydrogen-bond acceptors (Lipinski definition) is 1. The van der Waals surface area contributed by atoms with Gasteiger partial charge < -0.3 is 0 Å². The van der Waals surface area contributed by atoms with Crippen LogP contribution in [0.3, 0.4) is 0 Å². The third-order valence-electron chi connectivity index (χ3n) is 2.42. The van der Waals surface area contributed by atoms with Gasteiger partial charge in [-0.05, 0) is 32.8 Å². The fourth-order valence-corrected chi connectivity index (χ4v) is 3.44. The van der Waals surface area contributed by atoms with Gasteiger partial charge in [-0.2, -0.15) is 0 Å². The minimum atomic E-state index is 1.20. The summed E-state index contributed by atoms with van der Waals surface area (Å²) in [5.41, 5.74) is 0. The Balaban J connectivity index is 2.65. The topological polar surface area (TPSA) is 0 Å². The molecule has 14 heavy (non-hydrogen) atoms. The van der Waals surface area contributed by atoms with Crippen molar-refractivity contribution in [3.8, 4) is 0 Å². The maximum Gasteiger partial charge on any atom is 0.0367 e. The van der Waals surface area contributed by atoms with Gasteiger partial charge in [0, 0.05) is 19.9 Å². The second-order valence-corrected chi connectivity index (χ2v) is 5.01. The molecule has 0 fully saturated rings. The molecule has 0 amide bonds. The predicted molar refractivity (Wildman–Crippen MR) is 67.0 cm³/mol. The standard InChI is InChI=1S/C12H7BrS/c13-10-7-14-11-6-5-8-3-1-2-4-9(8)12(10)11/h1-7H. The van der Waals surface area contributed by atoms with E-state index in [9.17, 15) is 0 Å². The van der Waals surface area contributed by atoms with E-state index in [0.717, 1.165) is 0 Å². The van der Waals surface area contributed by atoms with Gasteiger partial charge in [0.1, 0.15) is 0 Å². The van der Waals surface area contributed by atoms with Crippen molar-refractivity contribution in [2.75, 3.05) is 0 Å². The summed E-state index contributed by atoms with van der Waals surface area (Å²) in [4.78, 5) is 0. The summed E-state index contributed by atoms with van der Waals surface area (Å²) in [5, 5.41) is 6.13. The average Bonchev–Trinajstić information content (AvgIpc) is 2.61. The zero-order valence-electron chi connectivity index (χ0n) is 7.33. The van der Waals surface area contributed by atoms with Gasteiger partial charge in [-0.25, -0.2) is 0 Å². The quantitative estimate of drug-likeness (QED) is 0.545. The summed E-state index contributed by atoms with van der Waals surface area (Å²) in [6, 6.07) is 12.9. The first-order valence-electron chi connectivity index (χ1n) is 4.41. The molecule has 0 atom stereocenters. The van der Waals surface area contributed by atoms with Gasteiger partial charge in [0.15, 0.2) is 0 Å². The minimum absolute atomic E-state index is 1.20. The Hall–Kier alpha value is -0.860. The highest BCUT2D eigenvalue weighted by molar-refractivity contribution is 9.10. The predicted octanol–water partition coefficient (Wildman–Crippen LogP) is 4.82. The molecule has 0 N–H and O–H groups in total. The first-order valence-corrected chi connectivity index (χ1v) is 6.08. The molecule has 0 aliphatic heterocycles. The summed E-state index contributed by atoms with van der Waals surface area (Å²) < 4.78 is 2.55. The molecule has 0 aliphatic carbocycles. The molecule has 3 aromatic rings. The molecule has 68 valence electrons. The molecule has 0 aliphatic rings. The van der Waals surface area contributed by atoms with Crippen LogP contribution in [0.1, 0.15) is 0 Å². The molecule has 1 heterocycles. The zero-order chi connectivity index (χ0) is 9.54. The van der Waals surface area contributed by atoms with E-state index < -0.39 is 0 Å². The van der Waals surface area contributed by atoms with Gasteiger partial charge in [-0.15, -0.1) is 11.3 Å². The molecule has 0 nitrogen and oxygen atoms in total. The summed E-state index contributed by atoms with van der Waals surface area (Å²) >= 11 is 5.38. The fraction of sp³-hybridized carbons (Fsp3) is 0. The van der Waals surface area contributed by atoms with Crippen molar-refractivity contribution in [2.24, 2.45) is 0 Å². The van der Waals surface area contributed by atoms with Crippen LogP contribution in [0.5, 0.6) is 0 Å². The Morgan fingerprint density at radius 2 is 1.86 bits per heavy atom. The third-order valence-corrected chi connectivity index (χ3v) is 4.30. The van der Waals surface area contributed by atoms with Crippen molar-refractivity contribution >= 4 is 48.1 Å². The smallest absolute Gasteiger partial charge is 0.0367 e. The van der Waals surface area contributed by atoms with Gasteiger partial charge in [0.25, 0.3) is 0 Å². The van der Waals surface area contributed by atoms with Gasteiger partial charge in [0.05, 0.1) is 0 Å². The van der Waals surface area contributed by atoms with Crippen molar-refractivity contribution in [1.29, 1.82) is 0 Å².